The van der Waals surface area contributed by atoms with E-state index in [0.29, 0.717) is 0 Å². The van der Waals surface area contributed by atoms with Crippen LogP contribution in [0, 0.1) is 0 Å². The van der Waals surface area contributed by atoms with Crippen molar-refractivity contribution in [2.45, 2.75) is 6.42 Å². The summed E-state index contributed by atoms with van der Waals surface area (Å²) in [6.07, 6.45) is 2.54. The van der Waals surface area contributed by atoms with Gasteiger partial charge >= 0.3 is 0 Å². The Balaban J connectivity index is 2.19. The van der Waals surface area contributed by atoms with Crippen LogP contribution in [0.25, 0.3) is 0 Å². The van der Waals surface area contributed by atoms with Crippen molar-refractivity contribution in [3.05, 3.63) is 58.6 Å². The maximum absolute atomic E-state index is 4.27. The molecule has 2 aromatic rings. The highest BCUT2D eigenvalue weighted by Gasteiger charge is 1.98. The van der Waals surface area contributed by atoms with Crippen molar-refractivity contribution in [2.75, 3.05) is 0 Å². The molecule has 0 saturated carbocycles. The van der Waals surface area contributed by atoms with Gasteiger partial charge in [0.1, 0.15) is 10.4 Å². The quantitative estimate of drug-likeness (QED) is 0.765. The number of benzene rings is 1. The van der Waals surface area contributed by atoms with E-state index in [1.165, 1.54) is 5.56 Å². The lowest BCUT2D eigenvalue weighted by Crippen LogP contribution is -1.95. The van der Waals surface area contributed by atoms with Gasteiger partial charge in [0.2, 0.25) is 0 Å². The van der Waals surface area contributed by atoms with Crippen LogP contribution in [-0.4, -0.2) is 9.97 Å². The molecule has 2 rings (SSSR count). The molecule has 0 amide bonds. The van der Waals surface area contributed by atoms with E-state index >= 15 is 0 Å². The van der Waals surface area contributed by atoms with Crippen LogP contribution in [0.5, 0.6) is 0 Å². The zero-order valence-electron chi connectivity index (χ0n) is 7.52. The summed E-state index contributed by atoms with van der Waals surface area (Å²) >= 11 is 3.32. The molecule has 0 radical (unpaired) electrons. The van der Waals surface area contributed by atoms with Gasteiger partial charge in [-0.15, -0.1) is 0 Å². The van der Waals surface area contributed by atoms with Crippen molar-refractivity contribution < 1.29 is 0 Å². The van der Waals surface area contributed by atoms with Crippen LogP contribution in [0.1, 0.15) is 11.4 Å². The molecule has 1 heterocycles. The van der Waals surface area contributed by atoms with Gasteiger partial charge in [0, 0.05) is 12.6 Å². The highest BCUT2D eigenvalue weighted by Crippen LogP contribution is 2.08. The minimum atomic E-state index is 0.778. The van der Waals surface area contributed by atoms with Crippen LogP contribution < -0.4 is 0 Å². The normalized spacial score (nSPS) is 10.1. The Morgan fingerprint density at radius 2 is 1.86 bits per heavy atom. The van der Waals surface area contributed by atoms with Gasteiger partial charge in [-0.25, -0.2) is 9.97 Å². The first-order chi connectivity index (χ1) is 6.84. The van der Waals surface area contributed by atoms with Crippen molar-refractivity contribution in [3.63, 3.8) is 0 Å². The molecule has 0 unspecified atom stereocenters. The lowest BCUT2D eigenvalue weighted by atomic mass is 10.1. The highest BCUT2D eigenvalue weighted by atomic mass is 79.9. The van der Waals surface area contributed by atoms with E-state index in [1.54, 1.807) is 6.20 Å². The molecule has 14 heavy (non-hydrogen) atoms. The van der Waals surface area contributed by atoms with Gasteiger partial charge in [0.25, 0.3) is 0 Å². The van der Waals surface area contributed by atoms with Crippen LogP contribution >= 0.6 is 15.9 Å². The Labute approximate surface area is 91.2 Å². The summed E-state index contributed by atoms with van der Waals surface area (Å²) < 4.78 is 0.832. The Morgan fingerprint density at radius 3 is 2.57 bits per heavy atom. The molecule has 1 aromatic carbocycles. The fourth-order valence-corrected chi connectivity index (χ4v) is 1.56. The zero-order chi connectivity index (χ0) is 9.80. The topological polar surface area (TPSA) is 25.8 Å². The number of rotatable bonds is 2. The average Bonchev–Trinajstić information content (AvgIpc) is 2.19. The molecular formula is C11H9BrN2. The molecule has 0 N–H and O–H groups in total. The summed E-state index contributed by atoms with van der Waals surface area (Å²) in [5.74, 6) is 0.838. The highest BCUT2D eigenvalue weighted by molar-refractivity contribution is 9.10. The smallest absolute Gasteiger partial charge is 0.133 e. The summed E-state index contributed by atoms with van der Waals surface area (Å²) in [5, 5.41) is 0. The number of hydrogen-bond donors (Lipinski definition) is 0. The fourth-order valence-electron chi connectivity index (χ4n) is 1.24. The first-order valence-electron chi connectivity index (χ1n) is 4.36. The number of halogens is 1. The number of hydrogen-bond acceptors (Lipinski definition) is 2. The van der Waals surface area contributed by atoms with Gasteiger partial charge < -0.3 is 0 Å². The van der Waals surface area contributed by atoms with Gasteiger partial charge in [-0.05, 0) is 27.6 Å². The fraction of sp³-hybridized carbons (Fsp3) is 0.0909. The minimum Gasteiger partial charge on any atom is -0.241 e. The molecule has 0 aliphatic carbocycles. The molecule has 0 aliphatic rings. The molecule has 0 spiro atoms. The van der Waals surface area contributed by atoms with Crippen molar-refractivity contribution in [1.82, 2.24) is 9.97 Å². The predicted molar refractivity (Wildman–Crippen MR) is 59.0 cm³/mol. The Kier molecular flexibility index (Phi) is 2.89. The molecule has 1 aromatic heterocycles. The lowest BCUT2D eigenvalue weighted by Gasteiger charge is -1.99. The van der Waals surface area contributed by atoms with Crippen molar-refractivity contribution >= 4 is 15.9 Å². The minimum absolute atomic E-state index is 0.778. The van der Waals surface area contributed by atoms with Crippen molar-refractivity contribution in [1.29, 1.82) is 0 Å². The second-order valence-electron chi connectivity index (χ2n) is 2.96. The number of nitrogens with zero attached hydrogens (tertiary/aromatic N) is 2. The lowest BCUT2D eigenvalue weighted by molar-refractivity contribution is 0.954. The van der Waals surface area contributed by atoms with Gasteiger partial charge in [-0.2, -0.15) is 0 Å². The van der Waals surface area contributed by atoms with E-state index in [2.05, 4.69) is 38.0 Å². The van der Waals surface area contributed by atoms with Crippen molar-refractivity contribution in [3.8, 4) is 0 Å². The monoisotopic (exact) mass is 248 g/mol. The standard InChI is InChI=1S/C11H9BrN2/c12-10-6-7-13-11(14-10)8-9-4-2-1-3-5-9/h1-7H,8H2. The van der Waals surface area contributed by atoms with E-state index in [4.69, 9.17) is 0 Å². The predicted octanol–water partition coefficient (Wildman–Crippen LogP) is 2.83. The molecule has 0 aliphatic heterocycles. The van der Waals surface area contributed by atoms with Crippen LogP contribution in [0.3, 0.4) is 0 Å². The Morgan fingerprint density at radius 1 is 1.07 bits per heavy atom. The summed E-state index contributed by atoms with van der Waals surface area (Å²) in [4.78, 5) is 8.47. The van der Waals surface area contributed by atoms with Gasteiger partial charge in [-0.1, -0.05) is 30.3 Å². The van der Waals surface area contributed by atoms with E-state index in [-0.39, 0.29) is 0 Å². The summed E-state index contributed by atoms with van der Waals surface area (Å²) in [6.45, 7) is 0. The van der Waals surface area contributed by atoms with Gasteiger partial charge in [0.05, 0.1) is 0 Å². The summed E-state index contributed by atoms with van der Waals surface area (Å²) in [5.41, 5.74) is 1.23. The van der Waals surface area contributed by atoms with Crippen LogP contribution in [0.4, 0.5) is 0 Å². The molecule has 0 bridgehead atoms. The molecule has 0 saturated heterocycles. The molecular weight excluding hydrogens is 240 g/mol. The summed E-state index contributed by atoms with van der Waals surface area (Å²) in [7, 11) is 0. The van der Waals surface area contributed by atoms with Crippen LogP contribution in [0.15, 0.2) is 47.2 Å². The third-order valence-electron chi connectivity index (χ3n) is 1.88. The first kappa shape index (κ1) is 9.34. The second kappa shape index (κ2) is 4.33. The zero-order valence-corrected chi connectivity index (χ0v) is 9.11. The molecule has 2 nitrogen and oxygen atoms in total. The van der Waals surface area contributed by atoms with Gasteiger partial charge in [0.15, 0.2) is 0 Å². The van der Waals surface area contributed by atoms with Crippen LogP contribution in [-0.2, 0) is 6.42 Å². The SMILES string of the molecule is Brc1ccnc(Cc2ccccc2)n1. The third kappa shape index (κ3) is 2.39. The number of aromatic nitrogens is 2. The van der Waals surface area contributed by atoms with E-state index < -0.39 is 0 Å². The average molecular weight is 249 g/mol. The van der Waals surface area contributed by atoms with E-state index in [1.807, 2.05) is 24.3 Å². The largest absolute Gasteiger partial charge is 0.241 e. The van der Waals surface area contributed by atoms with Gasteiger partial charge in [-0.3, -0.25) is 0 Å². The maximum Gasteiger partial charge on any atom is 0.133 e. The molecule has 0 atom stereocenters. The molecule has 0 fully saturated rings. The molecule has 70 valence electrons. The first-order valence-corrected chi connectivity index (χ1v) is 5.15. The summed E-state index contributed by atoms with van der Waals surface area (Å²) in [6, 6.07) is 12.0. The van der Waals surface area contributed by atoms with Crippen LogP contribution in [0.2, 0.25) is 0 Å². The Hall–Kier alpha value is -1.22. The Bertz CT molecular complexity index is 415. The maximum atomic E-state index is 4.27. The second-order valence-corrected chi connectivity index (χ2v) is 3.77. The third-order valence-corrected chi connectivity index (χ3v) is 2.32. The van der Waals surface area contributed by atoms with E-state index in [9.17, 15) is 0 Å². The molecule has 3 heteroatoms. The van der Waals surface area contributed by atoms with Crippen molar-refractivity contribution in [2.24, 2.45) is 0 Å². The van der Waals surface area contributed by atoms with E-state index in [0.717, 1.165) is 16.8 Å².